The van der Waals surface area contributed by atoms with Crippen LogP contribution in [0.2, 0.25) is 0 Å². The molecule has 0 aliphatic heterocycles. The number of carbonyl (C=O) groups is 1. The van der Waals surface area contributed by atoms with Gasteiger partial charge in [0.1, 0.15) is 11.8 Å². The molecule has 4 aromatic rings. The van der Waals surface area contributed by atoms with E-state index in [1.807, 2.05) is 18.2 Å². The predicted molar refractivity (Wildman–Crippen MR) is 116 cm³/mol. The topological polar surface area (TPSA) is 128 Å². The van der Waals surface area contributed by atoms with Crippen LogP contribution in [0.1, 0.15) is 39.4 Å². The number of rotatable bonds is 2. The second kappa shape index (κ2) is 7.62. The maximum atomic E-state index is 12.7. The molecule has 1 aliphatic carbocycles. The van der Waals surface area contributed by atoms with E-state index < -0.39 is 11.5 Å². The van der Waals surface area contributed by atoms with Crippen LogP contribution in [-0.2, 0) is 12.0 Å². The van der Waals surface area contributed by atoms with Crippen molar-refractivity contribution in [2.75, 3.05) is 5.32 Å². The number of nitriles is 1. The van der Waals surface area contributed by atoms with Gasteiger partial charge in [0.25, 0.3) is 5.91 Å². The highest BCUT2D eigenvalue weighted by molar-refractivity contribution is 6.11. The van der Waals surface area contributed by atoms with E-state index in [2.05, 4.69) is 37.3 Å². The van der Waals surface area contributed by atoms with Crippen molar-refractivity contribution in [2.24, 2.45) is 0 Å². The molecule has 3 heterocycles. The number of hydrogen-bond donors (Lipinski definition) is 3. The Morgan fingerprint density at radius 2 is 2.12 bits per heavy atom. The van der Waals surface area contributed by atoms with Crippen LogP contribution < -0.4 is 5.32 Å². The lowest BCUT2D eigenvalue weighted by Gasteiger charge is -2.15. The Labute approximate surface area is 183 Å². The maximum Gasteiger partial charge on any atom is 0.276 e. The number of carbonyl (C=O) groups excluding carboxylic acids is 1. The number of nitrogens with one attached hydrogen (secondary N) is 2. The fourth-order valence-electron chi connectivity index (χ4n) is 3.76. The second-order valence-electron chi connectivity index (χ2n) is 7.46. The molecule has 0 unspecified atom stereocenters. The van der Waals surface area contributed by atoms with Crippen molar-refractivity contribution in [1.82, 2.24) is 20.2 Å². The molecule has 32 heavy (non-hydrogen) atoms. The lowest BCUT2D eigenvalue weighted by Crippen LogP contribution is -2.21. The van der Waals surface area contributed by atoms with Crippen LogP contribution in [0, 0.1) is 23.2 Å². The van der Waals surface area contributed by atoms with E-state index in [0.29, 0.717) is 34.3 Å². The monoisotopic (exact) mass is 420 g/mol. The van der Waals surface area contributed by atoms with E-state index in [9.17, 15) is 9.90 Å². The summed E-state index contributed by atoms with van der Waals surface area (Å²) in [5.74, 6) is 5.54. The average molecular weight is 420 g/mol. The summed E-state index contributed by atoms with van der Waals surface area (Å²) in [6.07, 6.45) is 4.33. The lowest BCUT2D eigenvalue weighted by molar-refractivity contribution is 0.0981. The van der Waals surface area contributed by atoms with Crippen molar-refractivity contribution >= 4 is 22.5 Å². The molecule has 3 aromatic heterocycles. The zero-order valence-electron chi connectivity index (χ0n) is 16.8. The van der Waals surface area contributed by atoms with Crippen LogP contribution in [0.5, 0.6) is 0 Å². The SMILES string of the molecule is N#Cc1cc2[nH]nc(C(=O)Nc3cccc(C#C[C@@]4(O)CCc5cccnc54)c3)c2cn1. The highest BCUT2D eigenvalue weighted by Gasteiger charge is 2.36. The first-order valence-electron chi connectivity index (χ1n) is 9.91. The number of pyridine rings is 2. The van der Waals surface area contributed by atoms with Gasteiger partial charge in [0.15, 0.2) is 11.3 Å². The number of aromatic amines is 1. The number of H-pyrrole nitrogens is 1. The molecule has 0 fully saturated rings. The minimum atomic E-state index is -1.28. The maximum absolute atomic E-state index is 12.7. The predicted octanol–water partition coefficient (Wildman–Crippen LogP) is 2.66. The Balaban J connectivity index is 1.38. The molecule has 1 aliphatic rings. The Morgan fingerprint density at radius 1 is 1.22 bits per heavy atom. The molecule has 154 valence electrons. The number of anilines is 1. The molecular weight excluding hydrogens is 404 g/mol. The minimum absolute atomic E-state index is 0.177. The number of amides is 1. The Morgan fingerprint density at radius 3 is 3.00 bits per heavy atom. The summed E-state index contributed by atoms with van der Waals surface area (Å²) in [6, 6.07) is 14.3. The molecule has 3 N–H and O–H groups in total. The highest BCUT2D eigenvalue weighted by atomic mass is 16.3. The fraction of sp³-hybridized carbons (Fsp3) is 0.125. The summed E-state index contributed by atoms with van der Waals surface area (Å²) >= 11 is 0. The number of hydrogen-bond acceptors (Lipinski definition) is 6. The van der Waals surface area contributed by atoms with E-state index in [1.54, 1.807) is 30.5 Å². The number of fused-ring (bicyclic) bond motifs is 2. The molecule has 0 spiro atoms. The van der Waals surface area contributed by atoms with Gasteiger partial charge in [-0.15, -0.1) is 0 Å². The molecule has 0 bridgehead atoms. The van der Waals surface area contributed by atoms with Crippen molar-refractivity contribution in [2.45, 2.75) is 18.4 Å². The van der Waals surface area contributed by atoms with Crippen LogP contribution in [0.25, 0.3) is 10.9 Å². The summed E-state index contributed by atoms with van der Waals surface area (Å²) in [5, 5.41) is 30.0. The Bertz CT molecular complexity index is 1470. The third kappa shape index (κ3) is 3.45. The molecule has 1 amide bonds. The standard InChI is InChI=1S/C24H16N6O2/c25-13-18-12-20-19(14-27-18)21(30-29-20)23(31)28-17-5-1-3-15(11-17)6-8-24(32)9-7-16-4-2-10-26-22(16)24/h1-5,10-12,14,32H,7,9H2,(H,28,31)(H,29,30)/t24-/m1/s1. The van der Waals surface area contributed by atoms with Gasteiger partial charge in [0, 0.05) is 29.7 Å². The quantitative estimate of drug-likeness (QED) is 0.428. The van der Waals surface area contributed by atoms with Gasteiger partial charge >= 0.3 is 0 Å². The van der Waals surface area contributed by atoms with Gasteiger partial charge in [0.2, 0.25) is 0 Å². The summed E-state index contributed by atoms with van der Waals surface area (Å²) in [6.45, 7) is 0. The number of nitrogens with zero attached hydrogens (tertiary/aromatic N) is 4. The van der Waals surface area contributed by atoms with E-state index in [0.717, 1.165) is 12.0 Å². The van der Waals surface area contributed by atoms with Crippen LogP contribution in [0.15, 0.2) is 54.9 Å². The molecule has 0 saturated heterocycles. The number of aryl methyl sites for hydroxylation is 1. The Kier molecular flexibility index (Phi) is 4.63. The van der Waals surface area contributed by atoms with Gasteiger partial charge < -0.3 is 10.4 Å². The van der Waals surface area contributed by atoms with Crippen LogP contribution in [-0.4, -0.2) is 31.2 Å². The van der Waals surface area contributed by atoms with Crippen molar-refractivity contribution in [1.29, 1.82) is 5.26 Å². The van der Waals surface area contributed by atoms with Crippen molar-refractivity contribution in [3.63, 3.8) is 0 Å². The first-order valence-corrected chi connectivity index (χ1v) is 9.91. The van der Waals surface area contributed by atoms with E-state index in [-0.39, 0.29) is 11.4 Å². The van der Waals surface area contributed by atoms with Crippen LogP contribution in [0.4, 0.5) is 5.69 Å². The van der Waals surface area contributed by atoms with E-state index >= 15 is 0 Å². The second-order valence-corrected chi connectivity index (χ2v) is 7.46. The van der Waals surface area contributed by atoms with Crippen molar-refractivity contribution < 1.29 is 9.90 Å². The van der Waals surface area contributed by atoms with Gasteiger partial charge in [0.05, 0.1) is 16.6 Å². The van der Waals surface area contributed by atoms with Gasteiger partial charge in [-0.25, -0.2) is 4.98 Å². The zero-order valence-corrected chi connectivity index (χ0v) is 16.8. The molecular formula is C24H16N6O2. The van der Waals surface area contributed by atoms with Crippen molar-refractivity contribution in [3.8, 4) is 17.9 Å². The van der Waals surface area contributed by atoms with E-state index in [4.69, 9.17) is 5.26 Å². The molecule has 0 radical (unpaired) electrons. The highest BCUT2D eigenvalue weighted by Crippen LogP contribution is 2.34. The number of benzene rings is 1. The summed E-state index contributed by atoms with van der Waals surface area (Å²) in [5.41, 5.74) is 2.49. The average Bonchev–Trinajstić information content (AvgIpc) is 3.39. The number of aromatic nitrogens is 4. The molecule has 0 saturated carbocycles. The van der Waals surface area contributed by atoms with Crippen LogP contribution >= 0.6 is 0 Å². The molecule has 8 nitrogen and oxygen atoms in total. The molecule has 1 atom stereocenters. The molecule has 1 aromatic carbocycles. The van der Waals surface area contributed by atoms with Gasteiger partial charge in [-0.05, 0) is 42.7 Å². The van der Waals surface area contributed by atoms with Gasteiger partial charge in [-0.2, -0.15) is 10.4 Å². The summed E-state index contributed by atoms with van der Waals surface area (Å²) in [4.78, 5) is 21.0. The molecule has 5 rings (SSSR count). The summed E-state index contributed by atoms with van der Waals surface area (Å²) in [7, 11) is 0. The fourth-order valence-corrected chi connectivity index (χ4v) is 3.76. The third-order valence-electron chi connectivity index (χ3n) is 5.35. The number of aliphatic hydroxyl groups is 1. The van der Waals surface area contributed by atoms with Crippen LogP contribution in [0.3, 0.4) is 0 Å². The lowest BCUT2D eigenvalue weighted by atomic mass is 10.0. The largest absolute Gasteiger partial charge is 0.372 e. The van der Waals surface area contributed by atoms with E-state index in [1.165, 1.54) is 12.3 Å². The third-order valence-corrected chi connectivity index (χ3v) is 5.35. The normalized spacial score (nSPS) is 16.6. The van der Waals surface area contributed by atoms with Gasteiger partial charge in [-0.1, -0.05) is 24.0 Å². The zero-order chi connectivity index (χ0) is 22.1. The van der Waals surface area contributed by atoms with Gasteiger partial charge in [-0.3, -0.25) is 14.9 Å². The Hall–Kier alpha value is -4.53. The first kappa shape index (κ1) is 19.4. The summed E-state index contributed by atoms with van der Waals surface area (Å²) < 4.78 is 0. The minimum Gasteiger partial charge on any atom is -0.372 e. The smallest absolute Gasteiger partial charge is 0.276 e. The van der Waals surface area contributed by atoms with Crippen molar-refractivity contribution in [3.05, 3.63) is 83.1 Å². The molecule has 8 heteroatoms. The first-order chi connectivity index (χ1) is 15.6.